The van der Waals surface area contributed by atoms with Crippen molar-refractivity contribution >= 4 is 23.0 Å². The van der Waals surface area contributed by atoms with Gasteiger partial charge in [-0.1, -0.05) is 53.2 Å². The first-order valence-corrected chi connectivity index (χ1v) is 15.8. The van der Waals surface area contributed by atoms with Crippen LogP contribution in [0.25, 0.3) is 0 Å². The lowest BCUT2D eigenvalue weighted by molar-refractivity contribution is -0.137. The predicted molar refractivity (Wildman–Crippen MR) is 171 cm³/mol. The van der Waals surface area contributed by atoms with Gasteiger partial charge < -0.3 is 15.1 Å². The zero-order valence-electron chi connectivity index (χ0n) is 26.8. The minimum absolute atomic E-state index is 0.0214. The van der Waals surface area contributed by atoms with E-state index >= 15 is 0 Å². The Morgan fingerprint density at radius 3 is 2.07 bits per heavy atom. The van der Waals surface area contributed by atoms with Crippen LogP contribution in [0.5, 0.6) is 0 Å². The van der Waals surface area contributed by atoms with Gasteiger partial charge in [0.05, 0.1) is 18.4 Å². The van der Waals surface area contributed by atoms with Crippen molar-refractivity contribution in [2.45, 2.75) is 97.2 Å². The molecule has 240 valence electrons. The number of likely N-dealkylation sites (tertiary alicyclic amines) is 1. The molecule has 0 saturated carbocycles. The van der Waals surface area contributed by atoms with Gasteiger partial charge in [0.1, 0.15) is 0 Å². The van der Waals surface area contributed by atoms with Crippen LogP contribution in [0.3, 0.4) is 0 Å². The maximum atomic E-state index is 13.5. The Bertz CT molecular complexity index is 1130. The molecule has 2 aliphatic heterocycles. The van der Waals surface area contributed by atoms with Crippen LogP contribution in [0.2, 0.25) is 0 Å². The smallest absolute Gasteiger partial charge is 0.382 e. The molecule has 2 aromatic rings. The van der Waals surface area contributed by atoms with Crippen LogP contribution in [0, 0.1) is 5.92 Å². The van der Waals surface area contributed by atoms with Crippen LogP contribution < -0.4 is 15.7 Å². The fourth-order valence-corrected chi connectivity index (χ4v) is 5.71. The van der Waals surface area contributed by atoms with Crippen LogP contribution in [-0.2, 0) is 21.2 Å². The molecule has 1 amide bonds. The van der Waals surface area contributed by atoms with E-state index in [2.05, 4.69) is 79.4 Å². The summed E-state index contributed by atoms with van der Waals surface area (Å²) in [5.74, 6) is 0.750. The highest BCUT2D eigenvalue weighted by Gasteiger charge is 2.34. The topological polar surface area (TPSA) is 56.8 Å². The van der Waals surface area contributed by atoms with E-state index in [0.29, 0.717) is 44.0 Å². The van der Waals surface area contributed by atoms with Crippen LogP contribution >= 0.6 is 0 Å². The van der Waals surface area contributed by atoms with Gasteiger partial charge in [-0.25, -0.2) is 0 Å². The van der Waals surface area contributed by atoms with Gasteiger partial charge in [0.2, 0.25) is 5.91 Å². The molecule has 2 aromatic carbocycles. The number of rotatable bonds is 8. The van der Waals surface area contributed by atoms with Crippen molar-refractivity contribution in [2.75, 3.05) is 49.0 Å². The van der Waals surface area contributed by atoms with Gasteiger partial charge in [-0.15, -0.1) is 0 Å². The second kappa shape index (κ2) is 15.7. The second-order valence-corrected chi connectivity index (χ2v) is 12.8. The van der Waals surface area contributed by atoms with Crippen LogP contribution in [0.15, 0.2) is 42.5 Å². The molecule has 43 heavy (non-hydrogen) atoms. The van der Waals surface area contributed by atoms with E-state index in [1.54, 1.807) is 6.07 Å². The molecule has 2 fully saturated rings. The van der Waals surface area contributed by atoms with Crippen molar-refractivity contribution in [3.8, 4) is 0 Å². The largest absolute Gasteiger partial charge is 0.418 e. The summed E-state index contributed by atoms with van der Waals surface area (Å²) >= 11 is 0. The Balaban J connectivity index is 0.00000162. The van der Waals surface area contributed by atoms with Crippen molar-refractivity contribution < 1.29 is 22.8 Å². The molecule has 4 rings (SSSR count). The second-order valence-electron chi connectivity index (χ2n) is 12.8. The molecule has 9 heteroatoms. The molecule has 2 N–H and O–H groups in total. The van der Waals surface area contributed by atoms with Gasteiger partial charge in [-0.05, 0) is 79.3 Å². The Hall–Kier alpha value is -2.94. The number of halogens is 3. The molecule has 6 nitrogen and oxygen atoms in total. The molecule has 2 saturated heterocycles. The zero-order valence-corrected chi connectivity index (χ0v) is 26.8. The predicted octanol–water partition coefficient (Wildman–Crippen LogP) is 8.49. The molecular weight excluding hydrogens is 553 g/mol. The molecule has 0 atom stereocenters. The molecule has 0 unspecified atom stereocenters. The lowest BCUT2D eigenvalue weighted by Gasteiger charge is -2.35. The standard InChI is InChI=1S/C31H43F3N4O2.C3H8/c1-30(2,3)23-6-9-26(10-7-23)37-17-13-22(14-18-37)5-12-29(39)38-19-15-24(16-20-38)35-25-8-11-28(36-40-4)27(21-25)31(32,33)34;1-3-2/h6-11,21-22,24,35-36H,5,12-20H2,1-4H3;3H2,1-2H3. The minimum Gasteiger partial charge on any atom is -0.382 e. The van der Waals surface area contributed by atoms with Gasteiger partial charge >= 0.3 is 6.18 Å². The first kappa shape index (κ1) is 34.5. The molecule has 0 radical (unpaired) electrons. The Labute approximate surface area is 256 Å². The highest BCUT2D eigenvalue weighted by Crippen LogP contribution is 2.37. The van der Waals surface area contributed by atoms with Crippen LogP contribution in [-0.4, -0.2) is 50.1 Å². The number of carbonyl (C=O) groups is 1. The zero-order chi connectivity index (χ0) is 31.6. The molecule has 0 spiro atoms. The molecule has 0 aromatic heterocycles. The Morgan fingerprint density at radius 2 is 1.53 bits per heavy atom. The van der Waals surface area contributed by atoms with E-state index in [1.165, 1.54) is 30.8 Å². The first-order chi connectivity index (χ1) is 20.3. The Kier molecular flexibility index (Phi) is 12.6. The fraction of sp³-hybridized carbons (Fsp3) is 0.618. The third-order valence-corrected chi connectivity index (χ3v) is 8.23. The summed E-state index contributed by atoms with van der Waals surface area (Å²) in [6, 6.07) is 13.0. The third kappa shape index (κ3) is 10.3. The summed E-state index contributed by atoms with van der Waals surface area (Å²) in [4.78, 5) is 21.9. The van der Waals surface area contributed by atoms with Gasteiger partial charge in [0.15, 0.2) is 0 Å². The highest BCUT2D eigenvalue weighted by atomic mass is 19.4. The number of carbonyl (C=O) groups excluding carboxylic acids is 1. The van der Waals surface area contributed by atoms with Gasteiger partial charge in [-0.2, -0.15) is 13.2 Å². The molecule has 2 aliphatic rings. The van der Waals surface area contributed by atoms with E-state index in [1.807, 2.05) is 4.90 Å². The van der Waals surface area contributed by atoms with Crippen molar-refractivity contribution in [3.63, 3.8) is 0 Å². The van der Waals surface area contributed by atoms with Crippen molar-refractivity contribution in [1.82, 2.24) is 4.90 Å². The third-order valence-electron chi connectivity index (χ3n) is 8.23. The van der Waals surface area contributed by atoms with Crippen LogP contribution in [0.4, 0.5) is 30.2 Å². The molecule has 2 heterocycles. The number of anilines is 3. The summed E-state index contributed by atoms with van der Waals surface area (Å²) in [5.41, 5.74) is 4.56. The number of hydrogen-bond donors (Lipinski definition) is 2. The van der Waals surface area contributed by atoms with Crippen molar-refractivity contribution in [1.29, 1.82) is 0 Å². The van der Waals surface area contributed by atoms with Crippen LogP contribution in [0.1, 0.15) is 90.7 Å². The van der Waals surface area contributed by atoms with E-state index in [4.69, 9.17) is 0 Å². The number of piperidine rings is 2. The average molecular weight is 605 g/mol. The van der Waals surface area contributed by atoms with Gasteiger partial charge in [0.25, 0.3) is 0 Å². The summed E-state index contributed by atoms with van der Waals surface area (Å²) in [6.45, 7) is 14.2. The SMILES string of the molecule is CCC.CONc1ccc(NC2CCN(C(=O)CCC3CCN(c4ccc(C(C)(C)C)cc4)CC3)CC2)cc1C(F)(F)F. The lowest BCUT2D eigenvalue weighted by Crippen LogP contribution is -2.42. The summed E-state index contributed by atoms with van der Waals surface area (Å²) < 4.78 is 40.4. The summed E-state index contributed by atoms with van der Waals surface area (Å²) in [6.07, 6.45) is 1.83. The van der Waals surface area contributed by atoms with E-state index in [-0.39, 0.29) is 23.1 Å². The summed E-state index contributed by atoms with van der Waals surface area (Å²) in [7, 11) is 1.28. The normalized spacial score (nSPS) is 16.9. The number of benzene rings is 2. The molecule has 0 bridgehead atoms. The maximum absolute atomic E-state index is 13.5. The van der Waals surface area contributed by atoms with E-state index < -0.39 is 11.7 Å². The van der Waals surface area contributed by atoms with Crippen molar-refractivity contribution in [3.05, 3.63) is 53.6 Å². The monoisotopic (exact) mass is 604 g/mol. The van der Waals surface area contributed by atoms with Gasteiger partial charge in [0, 0.05) is 50.0 Å². The minimum atomic E-state index is -4.50. The van der Waals surface area contributed by atoms with E-state index in [0.717, 1.165) is 38.4 Å². The molecule has 0 aliphatic carbocycles. The van der Waals surface area contributed by atoms with Crippen molar-refractivity contribution in [2.24, 2.45) is 5.92 Å². The lowest BCUT2D eigenvalue weighted by atomic mass is 9.87. The van der Waals surface area contributed by atoms with E-state index in [9.17, 15) is 18.0 Å². The fourth-order valence-electron chi connectivity index (χ4n) is 5.71. The maximum Gasteiger partial charge on any atom is 0.418 e. The number of hydrogen-bond acceptors (Lipinski definition) is 5. The first-order valence-electron chi connectivity index (χ1n) is 15.8. The highest BCUT2D eigenvalue weighted by molar-refractivity contribution is 5.76. The molecular formula is C34H51F3N4O2. The number of nitrogens with zero attached hydrogens (tertiary/aromatic N) is 2. The van der Waals surface area contributed by atoms with Gasteiger partial charge in [-0.3, -0.25) is 15.1 Å². The summed E-state index contributed by atoms with van der Waals surface area (Å²) in [5, 5.41) is 3.22. The number of nitrogens with one attached hydrogen (secondary N) is 2. The number of alkyl halides is 3. The average Bonchev–Trinajstić information content (AvgIpc) is 2.97. The number of amides is 1. The Morgan fingerprint density at radius 1 is 0.930 bits per heavy atom. The quantitative estimate of drug-likeness (QED) is 0.296.